The maximum absolute atomic E-state index is 11.2. The molecule has 20 heavy (non-hydrogen) atoms. The second-order valence-electron chi connectivity index (χ2n) is 5.40. The molecule has 2 aliphatic heterocycles. The van der Waals surface area contributed by atoms with Crippen molar-refractivity contribution < 1.29 is 4.92 Å². The molecular weight excluding hydrogens is 282 g/mol. The van der Waals surface area contributed by atoms with E-state index in [1.807, 2.05) is 4.90 Å². The number of aromatic nitrogens is 2. The van der Waals surface area contributed by atoms with Crippen LogP contribution in [0.5, 0.6) is 0 Å². The van der Waals surface area contributed by atoms with Gasteiger partial charge < -0.3 is 4.90 Å². The van der Waals surface area contributed by atoms with Crippen molar-refractivity contribution in [3.63, 3.8) is 0 Å². The van der Waals surface area contributed by atoms with E-state index in [4.69, 9.17) is 11.6 Å². The third-order valence-electron chi connectivity index (χ3n) is 4.13. The van der Waals surface area contributed by atoms with Crippen molar-refractivity contribution in [3.8, 4) is 0 Å². The molecule has 1 aromatic heterocycles. The standard InChI is InChI=1S/C12H16ClN5O2/c1-8-6-16-4-2-3-9(16)7-17(8)11-10(18(19)20)5-14-12(13)15-11/h5,8-9H,2-4,6-7H2,1H3. The van der Waals surface area contributed by atoms with Crippen molar-refractivity contribution in [2.24, 2.45) is 0 Å². The molecule has 2 unspecified atom stereocenters. The van der Waals surface area contributed by atoms with Crippen LogP contribution in [0.15, 0.2) is 6.20 Å². The minimum atomic E-state index is -0.445. The molecule has 0 N–H and O–H groups in total. The number of nitrogens with zero attached hydrogens (tertiary/aromatic N) is 5. The highest BCUT2D eigenvalue weighted by Crippen LogP contribution is 2.32. The summed E-state index contributed by atoms with van der Waals surface area (Å²) in [5.41, 5.74) is -0.0762. The fraction of sp³-hybridized carbons (Fsp3) is 0.667. The summed E-state index contributed by atoms with van der Waals surface area (Å²) in [6.45, 7) is 4.85. The van der Waals surface area contributed by atoms with Gasteiger partial charge in [-0.25, -0.2) is 4.98 Å². The molecule has 0 aromatic carbocycles. The number of halogens is 1. The van der Waals surface area contributed by atoms with E-state index < -0.39 is 4.92 Å². The predicted octanol–water partition coefficient (Wildman–Crippen LogP) is 1.71. The SMILES string of the molecule is CC1CN2CCCC2CN1c1nc(Cl)ncc1[N+](=O)[O-]. The van der Waals surface area contributed by atoms with Crippen LogP contribution >= 0.6 is 11.6 Å². The fourth-order valence-corrected chi connectivity index (χ4v) is 3.30. The van der Waals surface area contributed by atoms with Gasteiger partial charge in [0.05, 0.1) is 4.92 Å². The van der Waals surface area contributed by atoms with E-state index in [0.29, 0.717) is 11.9 Å². The summed E-state index contributed by atoms with van der Waals surface area (Å²) < 4.78 is 0. The Labute approximate surface area is 121 Å². The lowest BCUT2D eigenvalue weighted by Gasteiger charge is -2.42. The summed E-state index contributed by atoms with van der Waals surface area (Å²) in [6.07, 6.45) is 3.52. The summed E-state index contributed by atoms with van der Waals surface area (Å²) in [7, 11) is 0. The van der Waals surface area contributed by atoms with Gasteiger partial charge in [-0.1, -0.05) is 0 Å². The van der Waals surface area contributed by atoms with Crippen LogP contribution in [-0.4, -0.2) is 51.5 Å². The lowest BCUT2D eigenvalue weighted by Crippen LogP contribution is -2.55. The van der Waals surface area contributed by atoms with Gasteiger partial charge in [0.15, 0.2) is 0 Å². The first-order valence-corrected chi connectivity index (χ1v) is 7.11. The number of rotatable bonds is 2. The molecule has 0 radical (unpaired) electrons. The third kappa shape index (κ3) is 2.31. The van der Waals surface area contributed by atoms with E-state index in [1.54, 1.807) is 0 Å². The maximum atomic E-state index is 11.2. The monoisotopic (exact) mass is 297 g/mol. The molecule has 0 aliphatic carbocycles. The Morgan fingerprint density at radius 1 is 1.50 bits per heavy atom. The van der Waals surface area contributed by atoms with Crippen molar-refractivity contribution in [2.75, 3.05) is 24.5 Å². The van der Waals surface area contributed by atoms with Crippen LogP contribution in [0.25, 0.3) is 0 Å². The van der Waals surface area contributed by atoms with Gasteiger partial charge in [-0.15, -0.1) is 0 Å². The Hall–Kier alpha value is -1.47. The van der Waals surface area contributed by atoms with Crippen LogP contribution < -0.4 is 4.90 Å². The van der Waals surface area contributed by atoms with E-state index in [0.717, 1.165) is 26.1 Å². The minimum Gasteiger partial charge on any atom is -0.345 e. The van der Waals surface area contributed by atoms with Gasteiger partial charge in [0.1, 0.15) is 6.20 Å². The number of anilines is 1. The first kappa shape index (κ1) is 13.5. The Kier molecular flexibility index (Phi) is 3.47. The van der Waals surface area contributed by atoms with E-state index in [9.17, 15) is 10.1 Å². The highest BCUT2D eigenvalue weighted by atomic mass is 35.5. The summed E-state index contributed by atoms with van der Waals surface area (Å²) in [6, 6.07) is 0.633. The topological polar surface area (TPSA) is 75.4 Å². The van der Waals surface area contributed by atoms with Crippen LogP contribution in [0, 0.1) is 10.1 Å². The van der Waals surface area contributed by atoms with Crippen LogP contribution in [0.4, 0.5) is 11.5 Å². The van der Waals surface area contributed by atoms with E-state index >= 15 is 0 Å². The second-order valence-corrected chi connectivity index (χ2v) is 5.74. The van der Waals surface area contributed by atoms with Gasteiger partial charge in [-0.3, -0.25) is 15.0 Å². The summed E-state index contributed by atoms with van der Waals surface area (Å²) in [5, 5.41) is 11.2. The Morgan fingerprint density at radius 3 is 3.05 bits per heavy atom. The van der Waals surface area contributed by atoms with Crippen molar-refractivity contribution in [1.82, 2.24) is 14.9 Å². The minimum absolute atomic E-state index is 0.0478. The summed E-state index contributed by atoms with van der Waals surface area (Å²) in [4.78, 5) is 23.0. The Morgan fingerprint density at radius 2 is 2.30 bits per heavy atom. The summed E-state index contributed by atoms with van der Waals surface area (Å²) in [5.74, 6) is 0.342. The number of fused-ring (bicyclic) bond motifs is 1. The van der Waals surface area contributed by atoms with Gasteiger partial charge in [0.2, 0.25) is 11.1 Å². The predicted molar refractivity (Wildman–Crippen MR) is 75.1 cm³/mol. The van der Waals surface area contributed by atoms with Gasteiger partial charge in [0.25, 0.3) is 0 Å². The molecule has 8 heteroatoms. The fourth-order valence-electron chi connectivity index (χ4n) is 3.17. The second kappa shape index (κ2) is 5.14. The van der Waals surface area contributed by atoms with Gasteiger partial charge in [0, 0.05) is 25.2 Å². The smallest absolute Gasteiger partial charge is 0.329 e. The molecule has 1 aromatic rings. The molecule has 2 saturated heterocycles. The van der Waals surface area contributed by atoms with E-state index in [-0.39, 0.29) is 17.0 Å². The zero-order chi connectivity index (χ0) is 14.3. The third-order valence-corrected chi connectivity index (χ3v) is 4.31. The zero-order valence-corrected chi connectivity index (χ0v) is 12.0. The lowest BCUT2D eigenvalue weighted by atomic mass is 10.1. The molecule has 0 saturated carbocycles. The molecule has 108 valence electrons. The first-order valence-electron chi connectivity index (χ1n) is 6.74. The Balaban J connectivity index is 1.95. The van der Waals surface area contributed by atoms with Crippen LogP contribution in [0.3, 0.4) is 0 Å². The van der Waals surface area contributed by atoms with Crippen molar-refractivity contribution in [1.29, 1.82) is 0 Å². The number of hydrogen-bond donors (Lipinski definition) is 0. The number of nitro groups is 1. The van der Waals surface area contributed by atoms with E-state index in [1.165, 1.54) is 12.6 Å². The quantitative estimate of drug-likeness (QED) is 0.470. The van der Waals surface area contributed by atoms with E-state index in [2.05, 4.69) is 21.8 Å². The van der Waals surface area contributed by atoms with Crippen molar-refractivity contribution in [2.45, 2.75) is 31.8 Å². The lowest BCUT2D eigenvalue weighted by molar-refractivity contribution is -0.384. The van der Waals surface area contributed by atoms with Crippen molar-refractivity contribution >= 4 is 23.1 Å². The normalized spacial score (nSPS) is 26.6. The highest BCUT2D eigenvalue weighted by molar-refractivity contribution is 6.28. The first-order chi connectivity index (χ1) is 9.56. The van der Waals surface area contributed by atoms with Crippen LogP contribution in [0.2, 0.25) is 5.28 Å². The highest BCUT2D eigenvalue weighted by Gasteiger charge is 2.37. The summed E-state index contributed by atoms with van der Waals surface area (Å²) >= 11 is 5.82. The largest absolute Gasteiger partial charge is 0.345 e. The van der Waals surface area contributed by atoms with Crippen molar-refractivity contribution in [3.05, 3.63) is 21.6 Å². The molecule has 2 fully saturated rings. The number of piperazine rings is 1. The molecule has 2 atom stereocenters. The zero-order valence-electron chi connectivity index (χ0n) is 11.2. The number of hydrogen-bond acceptors (Lipinski definition) is 6. The van der Waals surface area contributed by atoms with Crippen LogP contribution in [-0.2, 0) is 0 Å². The van der Waals surface area contributed by atoms with Gasteiger partial charge >= 0.3 is 5.69 Å². The van der Waals surface area contributed by atoms with Gasteiger partial charge in [-0.05, 0) is 37.9 Å². The molecule has 2 aliphatic rings. The molecule has 0 bridgehead atoms. The molecule has 3 heterocycles. The molecular formula is C12H16ClN5O2. The van der Waals surface area contributed by atoms with Gasteiger partial charge in [-0.2, -0.15) is 4.98 Å². The molecule has 7 nitrogen and oxygen atoms in total. The Bertz CT molecular complexity index is 541. The average molecular weight is 298 g/mol. The molecule has 3 rings (SSSR count). The maximum Gasteiger partial charge on any atom is 0.329 e. The molecule has 0 spiro atoms. The molecule has 0 amide bonds. The van der Waals surface area contributed by atoms with Crippen LogP contribution in [0.1, 0.15) is 19.8 Å². The average Bonchev–Trinajstić information content (AvgIpc) is 2.84.